The number of rotatable bonds is 10. The number of aryl methyl sites for hydroxylation is 2. The van der Waals surface area contributed by atoms with Crippen molar-refractivity contribution in [2.45, 2.75) is 72.6 Å². The highest BCUT2D eigenvalue weighted by Crippen LogP contribution is 2.34. The summed E-state index contributed by atoms with van der Waals surface area (Å²) >= 11 is 5.86. The lowest BCUT2D eigenvalue weighted by Crippen LogP contribution is -2.21. The summed E-state index contributed by atoms with van der Waals surface area (Å²) in [4.78, 5) is 0. The maximum absolute atomic E-state index is 10.9. The Labute approximate surface area is 235 Å². The fraction of sp³-hybridized carbons (Fsp3) is 0.419. The normalized spacial score (nSPS) is 12.0. The Morgan fingerprint density at radius 3 is 2.29 bits per heavy atom. The number of nitrogens with zero attached hydrogens (tertiary/aromatic N) is 2. The molecule has 0 heterocycles. The van der Waals surface area contributed by atoms with E-state index in [1.165, 1.54) is 27.8 Å². The van der Waals surface area contributed by atoms with Gasteiger partial charge in [0.2, 0.25) is 0 Å². The van der Waals surface area contributed by atoms with Crippen LogP contribution in [-0.2, 0) is 28.3 Å². The third kappa shape index (κ3) is 10.5. The molecule has 0 saturated heterocycles. The van der Waals surface area contributed by atoms with Crippen molar-refractivity contribution in [2.24, 2.45) is 4.40 Å². The van der Waals surface area contributed by atoms with Gasteiger partial charge in [-0.2, -0.15) is 5.26 Å². The van der Waals surface area contributed by atoms with Crippen LogP contribution in [0.1, 0.15) is 80.8 Å². The molecule has 0 radical (unpaired) electrons. The average molecular weight is 556 g/mol. The van der Waals surface area contributed by atoms with Gasteiger partial charge in [-0.1, -0.05) is 76.2 Å². The number of nitriles is 1. The first-order chi connectivity index (χ1) is 17.8. The van der Waals surface area contributed by atoms with E-state index in [1.54, 1.807) is 19.1 Å². The number of benzene rings is 2. The van der Waals surface area contributed by atoms with Crippen LogP contribution in [0.25, 0.3) is 0 Å². The molecule has 0 amide bonds. The topological polar surface area (TPSA) is 82.3 Å². The molecule has 2 aromatic carbocycles. The van der Waals surface area contributed by atoms with Gasteiger partial charge < -0.3 is 5.32 Å². The van der Waals surface area contributed by atoms with Crippen LogP contribution in [0.15, 0.2) is 65.2 Å². The number of nitrogens with one attached hydrogen (secondary N) is 1. The molecular formula is C31H42ClN3O2S. The Morgan fingerprint density at radius 1 is 1.18 bits per heavy atom. The molecule has 2 aromatic rings. The molecule has 0 bridgehead atoms. The first kappa shape index (κ1) is 33.1. The first-order valence-electron chi connectivity index (χ1n) is 12.9. The number of hydrogen-bond donors (Lipinski definition) is 1. The van der Waals surface area contributed by atoms with Gasteiger partial charge in [0.25, 0.3) is 10.0 Å². The van der Waals surface area contributed by atoms with Crippen LogP contribution in [0.3, 0.4) is 0 Å². The van der Waals surface area contributed by atoms with Gasteiger partial charge in [0.15, 0.2) is 0 Å². The molecule has 0 fully saturated rings. The number of alkyl halides is 1. The predicted octanol–water partition coefficient (Wildman–Crippen LogP) is 7.36. The van der Waals surface area contributed by atoms with Crippen molar-refractivity contribution < 1.29 is 8.42 Å². The first-order valence-corrected chi connectivity index (χ1v) is 15.3. The molecule has 2 rings (SSSR count). The molecule has 0 aliphatic heterocycles. The minimum absolute atomic E-state index is 0.131. The lowest BCUT2D eigenvalue weighted by Gasteiger charge is -2.28. The van der Waals surface area contributed by atoms with Crippen LogP contribution in [-0.4, -0.2) is 26.4 Å². The van der Waals surface area contributed by atoms with Crippen molar-refractivity contribution in [1.29, 1.82) is 5.26 Å². The third-order valence-electron chi connectivity index (χ3n) is 6.22. The summed E-state index contributed by atoms with van der Waals surface area (Å²) in [5.74, 6) is 0.923. The average Bonchev–Trinajstić information content (AvgIpc) is 2.86. The molecular weight excluding hydrogens is 514 g/mol. The summed E-state index contributed by atoms with van der Waals surface area (Å²) in [6.07, 6.45) is 7.78. The summed E-state index contributed by atoms with van der Waals surface area (Å²) in [5, 5.41) is 12.5. The monoisotopic (exact) mass is 555 g/mol. The van der Waals surface area contributed by atoms with Gasteiger partial charge in [-0.3, -0.25) is 0 Å². The second-order valence-corrected chi connectivity index (χ2v) is 11.7. The van der Waals surface area contributed by atoms with E-state index in [2.05, 4.69) is 86.5 Å². The maximum atomic E-state index is 10.9. The van der Waals surface area contributed by atoms with Crippen molar-refractivity contribution in [2.75, 3.05) is 12.1 Å². The Morgan fingerprint density at radius 2 is 1.82 bits per heavy atom. The van der Waals surface area contributed by atoms with Crippen molar-refractivity contribution >= 4 is 27.5 Å². The second kappa shape index (κ2) is 15.5. The zero-order valence-electron chi connectivity index (χ0n) is 23.9. The highest BCUT2D eigenvalue weighted by Gasteiger charge is 2.25. The van der Waals surface area contributed by atoms with E-state index in [0.717, 1.165) is 43.2 Å². The van der Waals surface area contributed by atoms with E-state index in [0.29, 0.717) is 11.7 Å². The molecule has 0 unspecified atom stereocenters. The van der Waals surface area contributed by atoms with Gasteiger partial charge in [0, 0.05) is 17.0 Å². The minimum Gasteiger partial charge on any atom is -0.344 e. The fourth-order valence-electron chi connectivity index (χ4n) is 3.88. The lowest BCUT2D eigenvalue weighted by atomic mass is 9.76. The van der Waals surface area contributed by atoms with Crippen LogP contribution in [0, 0.1) is 18.3 Å². The summed E-state index contributed by atoms with van der Waals surface area (Å²) in [5.41, 5.74) is 7.58. The van der Waals surface area contributed by atoms with Gasteiger partial charge in [0.05, 0.1) is 17.9 Å². The number of amidine groups is 1. The Hall–Kier alpha value is -2.88. The van der Waals surface area contributed by atoms with Crippen LogP contribution >= 0.6 is 11.6 Å². The fourth-order valence-corrected chi connectivity index (χ4v) is 4.48. The predicted molar refractivity (Wildman–Crippen MR) is 163 cm³/mol. The van der Waals surface area contributed by atoms with Crippen molar-refractivity contribution in [3.63, 3.8) is 0 Å². The Balaban J connectivity index is 0.000000442. The number of allylic oxidation sites excluding steroid dienone is 2. The van der Waals surface area contributed by atoms with Gasteiger partial charge in [-0.25, -0.2) is 8.42 Å². The molecule has 0 aliphatic rings. The number of halogens is 1. The molecule has 0 spiro atoms. The molecule has 0 atom stereocenters. The smallest absolute Gasteiger partial charge is 0.252 e. The largest absolute Gasteiger partial charge is 0.344 e. The zero-order chi connectivity index (χ0) is 28.9. The minimum atomic E-state index is -3.37. The van der Waals surface area contributed by atoms with E-state index in [4.69, 9.17) is 11.6 Å². The summed E-state index contributed by atoms with van der Waals surface area (Å²) < 4.78 is 25.3. The summed E-state index contributed by atoms with van der Waals surface area (Å²) in [6.45, 7) is 16.1. The maximum Gasteiger partial charge on any atom is 0.252 e. The summed E-state index contributed by atoms with van der Waals surface area (Å²) in [7, 11) is -3.37. The van der Waals surface area contributed by atoms with E-state index >= 15 is 0 Å². The SMILES string of the molecule is C=C(CC)NC(/C=C\C)=N/S(C)(=O)=O.CCc1cc(C(C)(C)c2ccc(C)cc2)cc(C#N)c1CCCCl. The molecule has 7 heteroatoms. The van der Waals surface area contributed by atoms with Crippen LogP contribution in [0.2, 0.25) is 0 Å². The number of sulfonamides is 1. The Bertz CT molecular complexity index is 1290. The van der Waals surface area contributed by atoms with Crippen LogP contribution in [0.4, 0.5) is 0 Å². The molecule has 0 aliphatic carbocycles. The quantitative estimate of drug-likeness (QED) is 0.188. The van der Waals surface area contributed by atoms with Gasteiger partial charge in [0.1, 0.15) is 5.84 Å². The van der Waals surface area contributed by atoms with E-state index in [9.17, 15) is 13.7 Å². The molecule has 5 nitrogen and oxygen atoms in total. The highest BCUT2D eigenvalue weighted by atomic mass is 35.5. The van der Waals surface area contributed by atoms with Gasteiger partial charge in [-0.15, -0.1) is 16.0 Å². The third-order valence-corrected chi connectivity index (χ3v) is 7.01. The summed E-state index contributed by atoms with van der Waals surface area (Å²) in [6, 6.07) is 15.4. The van der Waals surface area contributed by atoms with Crippen molar-refractivity contribution in [3.8, 4) is 6.07 Å². The zero-order valence-corrected chi connectivity index (χ0v) is 25.4. The molecule has 1 N–H and O–H groups in total. The van der Waals surface area contributed by atoms with Crippen LogP contribution < -0.4 is 5.32 Å². The van der Waals surface area contributed by atoms with E-state index in [1.807, 2.05) is 6.92 Å². The lowest BCUT2D eigenvalue weighted by molar-refractivity contribution is 0.603. The van der Waals surface area contributed by atoms with Crippen molar-refractivity contribution in [3.05, 3.63) is 94.2 Å². The number of hydrogen-bond acceptors (Lipinski definition) is 3. The molecule has 0 saturated carbocycles. The second-order valence-electron chi connectivity index (χ2n) is 9.70. The van der Waals surface area contributed by atoms with Gasteiger partial charge >= 0.3 is 0 Å². The van der Waals surface area contributed by atoms with E-state index in [-0.39, 0.29) is 5.41 Å². The van der Waals surface area contributed by atoms with Crippen molar-refractivity contribution in [1.82, 2.24) is 5.32 Å². The highest BCUT2D eigenvalue weighted by molar-refractivity contribution is 7.89. The van der Waals surface area contributed by atoms with E-state index < -0.39 is 10.0 Å². The molecule has 38 heavy (non-hydrogen) atoms. The van der Waals surface area contributed by atoms with Crippen LogP contribution in [0.5, 0.6) is 0 Å². The molecule has 0 aromatic heterocycles. The standard InChI is InChI=1S/C22H26ClN.C9H16N2O2S/c1-5-17-13-20(14-18(15-24)21(17)7-6-12-23)22(3,4)19-10-8-16(2)9-11-19;1-5-7-9(10-8(3)6-2)11-14(4,12)13/h8-11,13-14H,5-7,12H2,1-4H3;5,7H,3,6H2,1-2,4H3,(H,10,11)/b;7-5-. The molecule has 206 valence electrons. The van der Waals surface area contributed by atoms with Gasteiger partial charge in [-0.05, 0) is 73.9 Å². The Kier molecular flexibility index (Phi) is 13.5.